The molecule has 104 valence electrons. The highest BCUT2D eigenvalue weighted by molar-refractivity contribution is 6.00. The van der Waals surface area contributed by atoms with E-state index in [1.54, 1.807) is 0 Å². The number of rotatable bonds is 4. The summed E-state index contributed by atoms with van der Waals surface area (Å²) in [5.74, 6) is 0.489. The number of aromatic amines is 1. The summed E-state index contributed by atoms with van der Waals surface area (Å²) in [6, 6.07) is 17.6. The zero-order chi connectivity index (χ0) is 14.5. The molecular weight excluding hydrogens is 262 g/mol. The van der Waals surface area contributed by atoms with Gasteiger partial charge in [-0.15, -0.1) is 0 Å². The highest BCUT2D eigenvalue weighted by Gasteiger charge is 2.07. The van der Waals surface area contributed by atoms with Gasteiger partial charge >= 0.3 is 0 Å². The smallest absolute Gasteiger partial charge is 0.229 e. The van der Waals surface area contributed by atoms with Crippen molar-refractivity contribution in [2.24, 2.45) is 0 Å². The molecule has 2 N–H and O–H groups in total. The van der Waals surface area contributed by atoms with E-state index in [1.807, 2.05) is 66.7 Å². The average Bonchev–Trinajstić information content (AvgIpc) is 2.92. The lowest BCUT2D eigenvalue weighted by molar-refractivity contribution is -0.115. The standard InChI is InChI=1S/C17H15N3O/c21-16(12-6-9-13-7-2-1-3-8-13)18-17-14-10-4-5-11-15(14)19-20-17/h1-11H,12H2,(H2,18,19,20,21)/b9-6+. The van der Waals surface area contributed by atoms with Gasteiger partial charge in [-0.25, -0.2) is 0 Å². The minimum Gasteiger partial charge on any atom is -0.308 e. The van der Waals surface area contributed by atoms with E-state index in [-0.39, 0.29) is 5.91 Å². The maximum atomic E-state index is 11.9. The molecule has 4 nitrogen and oxygen atoms in total. The molecule has 21 heavy (non-hydrogen) atoms. The van der Waals surface area contributed by atoms with Crippen molar-refractivity contribution in [2.45, 2.75) is 6.42 Å². The second-order valence-electron chi connectivity index (χ2n) is 4.68. The van der Waals surface area contributed by atoms with Gasteiger partial charge in [0, 0.05) is 11.8 Å². The lowest BCUT2D eigenvalue weighted by Gasteiger charge is -1.99. The largest absolute Gasteiger partial charge is 0.308 e. The fraction of sp³-hybridized carbons (Fsp3) is 0.0588. The first kappa shape index (κ1) is 13.1. The van der Waals surface area contributed by atoms with Crippen molar-refractivity contribution >= 4 is 28.7 Å². The molecule has 0 fully saturated rings. The fourth-order valence-electron chi connectivity index (χ4n) is 2.11. The molecule has 1 amide bonds. The van der Waals surface area contributed by atoms with E-state index < -0.39 is 0 Å². The molecule has 1 heterocycles. The molecular formula is C17H15N3O. The minimum atomic E-state index is -0.0839. The van der Waals surface area contributed by atoms with Gasteiger partial charge in [0.2, 0.25) is 5.91 Å². The molecule has 0 atom stereocenters. The molecule has 3 rings (SSSR count). The summed E-state index contributed by atoms with van der Waals surface area (Å²) in [4.78, 5) is 11.9. The molecule has 0 saturated carbocycles. The molecule has 0 unspecified atom stereocenters. The number of nitrogens with zero attached hydrogens (tertiary/aromatic N) is 1. The molecule has 4 heteroatoms. The number of hydrogen-bond donors (Lipinski definition) is 2. The number of aromatic nitrogens is 2. The van der Waals surface area contributed by atoms with Gasteiger partial charge in [0.05, 0.1) is 5.52 Å². The summed E-state index contributed by atoms with van der Waals surface area (Å²) < 4.78 is 0. The van der Waals surface area contributed by atoms with E-state index in [4.69, 9.17) is 0 Å². The van der Waals surface area contributed by atoms with Crippen LogP contribution in [0.25, 0.3) is 17.0 Å². The third-order valence-electron chi connectivity index (χ3n) is 3.14. The van der Waals surface area contributed by atoms with Crippen molar-refractivity contribution in [3.8, 4) is 0 Å². The number of amides is 1. The van der Waals surface area contributed by atoms with Crippen LogP contribution in [0.4, 0.5) is 5.82 Å². The van der Waals surface area contributed by atoms with Crippen LogP contribution in [0.5, 0.6) is 0 Å². The van der Waals surface area contributed by atoms with E-state index in [2.05, 4.69) is 15.5 Å². The van der Waals surface area contributed by atoms with Gasteiger partial charge in [-0.1, -0.05) is 54.6 Å². The van der Waals surface area contributed by atoms with E-state index in [9.17, 15) is 4.79 Å². The second kappa shape index (κ2) is 6.05. The third kappa shape index (κ3) is 3.17. The third-order valence-corrected chi connectivity index (χ3v) is 3.14. The van der Waals surface area contributed by atoms with Crippen molar-refractivity contribution in [2.75, 3.05) is 5.32 Å². The topological polar surface area (TPSA) is 57.8 Å². The summed E-state index contributed by atoms with van der Waals surface area (Å²) in [5, 5.41) is 10.7. The monoisotopic (exact) mass is 277 g/mol. The Balaban J connectivity index is 1.63. The Morgan fingerprint density at radius 1 is 1.10 bits per heavy atom. The Hall–Kier alpha value is -2.88. The first-order valence-corrected chi connectivity index (χ1v) is 6.77. The molecule has 0 spiro atoms. The summed E-state index contributed by atoms with van der Waals surface area (Å²) in [7, 11) is 0. The quantitative estimate of drug-likeness (QED) is 0.765. The number of benzene rings is 2. The summed E-state index contributed by atoms with van der Waals surface area (Å²) in [5.41, 5.74) is 1.99. The number of hydrogen-bond acceptors (Lipinski definition) is 2. The van der Waals surface area contributed by atoms with Crippen molar-refractivity contribution in [1.29, 1.82) is 0 Å². The van der Waals surface area contributed by atoms with E-state index >= 15 is 0 Å². The number of para-hydroxylation sites is 1. The summed E-state index contributed by atoms with van der Waals surface area (Å²) in [6.45, 7) is 0. The number of carbonyl (C=O) groups excluding carboxylic acids is 1. The maximum absolute atomic E-state index is 11.9. The summed E-state index contributed by atoms with van der Waals surface area (Å²) in [6.07, 6.45) is 4.10. The second-order valence-corrected chi connectivity index (χ2v) is 4.68. The zero-order valence-electron chi connectivity index (χ0n) is 11.4. The predicted molar refractivity (Wildman–Crippen MR) is 84.8 cm³/mol. The lowest BCUT2D eigenvalue weighted by atomic mass is 10.2. The molecule has 0 aliphatic rings. The van der Waals surface area contributed by atoms with Crippen molar-refractivity contribution in [1.82, 2.24) is 10.2 Å². The normalized spacial score (nSPS) is 11.0. The van der Waals surface area contributed by atoms with Gasteiger partial charge in [0.1, 0.15) is 0 Å². The minimum absolute atomic E-state index is 0.0839. The number of carbonyl (C=O) groups is 1. The van der Waals surface area contributed by atoms with Crippen LogP contribution < -0.4 is 5.32 Å². The van der Waals surface area contributed by atoms with Crippen molar-refractivity contribution < 1.29 is 4.79 Å². The van der Waals surface area contributed by atoms with Crippen LogP contribution in [0.3, 0.4) is 0 Å². The Labute approximate surface area is 122 Å². The van der Waals surface area contributed by atoms with Crippen LogP contribution in [0.15, 0.2) is 60.7 Å². The highest BCUT2D eigenvalue weighted by Crippen LogP contribution is 2.19. The Bertz CT molecular complexity index is 775. The number of fused-ring (bicyclic) bond motifs is 1. The molecule has 0 radical (unpaired) electrons. The lowest BCUT2D eigenvalue weighted by Crippen LogP contribution is -2.10. The van der Waals surface area contributed by atoms with Gasteiger partial charge in [-0.05, 0) is 17.7 Å². The SMILES string of the molecule is O=C(C/C=C/c1ccccc1)Nc1n[nH]c2ccccc12. The predicted octanol–water partition coefficient (Wildman–Crippen LogP) is 3.60. The number of anilines is 1. The highest BCUT2D eigenvalue weighted by atomic mass is 16.1. The van der Waals surface area contributed by atoms with Crippen LogP contribution in [-0.4, -0.2) is 16.1 Å². The van der Waals surface area contributed by atoms with Gasteiger partial charge in [-0.2, -0.15) is 5.10 Å². The molecule has 0 saturated heterocycles. The van der Waals surface area contributed by atoms with Crippen LogP contribution in [0, 0.1) is 0 Å². The maximum Gasteiger partial charge on any atom is 0.229 e. The van der Waals surface area contributed by atoms with Crippen molar-refractivity contribution in [3.63, 3.8) is 0 Å². The Kier molecular flexibility index (Phi) is 3.78. The molecule has 0 aliphatic heterocycles. The van der Waals surface area contributed by atoms with Gasteiger partial charge in [0.25, 0.3) is 0 Å². The van der Waals surface area contributed by atoms with Gasteiger partial charge < -0.3 is 5.32 Å². The first-order valence-electron chi connectivity index (χ1n) is 6.77. The number of nitrogens with one attached hydrogen (secondary N) is 2. The molecule has 0 aliphatic carbocycles. The zero-order valence-corrected chi connectivity index (χ0v) is 11.4. The number of H-pyrrole nitrogens is 1. The first-order chi connectivity index (χ1) is 10.3. The van der Waals surface area contributed by atoms with E-state index in [1.165, 1.54) is 0 Å². The van der Waals surface area contributed by atoms with Crippen molar-refractivity contribution in [3.05, 3.63) is 66.2 Å². The average molecular weight is 277 g/mol. The Morgan fingerprint density at radius 2 is 1.86 bits per heavy atom. The molecule has 1 aromatic heterocycles. The molecule has 3 aromatic rings. The van der Waals surface area contributed by atoms with Gasteiger partial charge in [0.15, 0.2) is 5.82 Å². The van der Waals surface area contributed by atoms with Crippen LogP contribution in [0.1, 0.15) is 12.0 Å². The van der Waals surface area contributed by atoms with E-state index in [0.717, 1.165) is 16.5 Å². The van der Waals surface area contributed by atoms with E-state index in [0.29, 0.717) is 12.2 Å². The van der Waals surface area contributed by atoms with Crippen LogP contribution >= 0.6 is 0 Å². The molecule has 0 bridgehead atoms. The van der Waals surface area contributed by atoms with Gasteiger partial charge in [-0.3, -0.25) is 9.89 Å². The molecule has 2 aromatic carbocycles. The van der Waals surface area contributed by atoms with Crippen LogP contribution in [-0.2, 0) is 4.79 Å². The Morgan fingerprint density at radius 3 is 2.71 bits per heavy atom. The summed E-state index contributed by atoms with van der Waals surface area (Å²) >= 11 is 0. The van der Waals surface area contributed by atoms with Crippen LogP contribution in [0.2, 0.25) is 0 Å². The fourth-order valence-corrected chi connectivity index (χ4v) is 2.11.